The number of rotatable bonds is 3. The van der Waals surface area contributed by atoms with Gasteiger partial charge in [0.1, 0.15) is 0 Å². The van der Waals surface area contributed by atoms with Crippen LogP contribution in [-0.2, 0) is 14.3 Å². The van der Waals surface area contributed by atoms with Gasteiger partial charge in [0.05, 0.1) is 18.9 Å². The molecular weight excluding hydrogens is 208 g/mol. The van der Waals surface area contributed by atoms with Crippen molar-refractivity contribution in [3.63, 3.8) is 0 Å². The van der Waals surface area contributed by atoms with Gasteiger partial charge in [0.15, 0.2) is 0 Å². The van der Waals surface area contributed by atoms with E-state index in [0.717, 1.165) is 6.42 Å². The molecule has 4 heteroatoms. The summed E-state index contributed by atoms with van der Waals surface area (Å²) in [7, 11) is 1.37. The van der Waals surface area contributed by atoms with Crippen LogP contribution in [0.1, 0.15) is 33.1 Å². The maximum absolute atomic E-state index is 11.6. The lowest BCUT2D eigenvalue weighted by atomic mass is 9.69. The van der Waals surface area contributed by atoms with Gasteiger partial charge in [-0.05, 0) is 31.1 Å². The summed E-state index contributed by atoms with van der Waals surface area (Å²) in [6.45, 7) is 4.14. The predicted molar refractivity (Wildman–Crippen MR) is 58.8 cm³/mol. The Kier molecular flexibility index (Phi) is 4.33. The first-order valence-electron chi connectivity index (χ1n) is 5.78. The van der Waals surface area contributed by atoms with Gasteiger partial charge in [-0.25, -0.2) is 0 Å². The molecule has 0 aromatic heterocycles. The summed E-state index contributed by atoms with van der Waals surface area (Å²) in [5.41, 5.74) is 0. The molecule has 1 saturated carbocycles. The SMILES string of the molecule is COC(=O)[C@@H]1C[C@H](C(=O)O)CC[C@H]1C(C)C. The summed E-state index contributed by atoms with van der Waals surface area (Å²) in [4.78, 5) is 22.6. The van der Waals surface area contributed by atoms with Crippen molar-refractivity contribution in [2.45, 2.75) is 33.1 Å². The van der Waals surface area contributed by atoms with Gasteiger partial charge in [-0.15, -0.1) is 0 Å². The van der Waals surface area contributed by atoms with Crippen LogP contribution in [0.4, 0.5) is 0 Å². The molecular formula is C12H20O4. The number of ether oxygens (including phenoxy) is 1. The number of carboxylic acids is 1. The predicted octanol–water partition coefficient (Wildman–Crippen LogP) is 1.93. The molecule has 1 N–H and O–H groups in total. The van der Waals surface area contributed by atoms with Crippen LogP contribution >= 0.6 is 0 Å². The molecule has 0 aromatic carbocycles. The highest BCUT2D eigenvalue weighted by atomic mass is 16.5. The van der Waals surface area contributed by atoms with Gasteiger partial charge in [0, 0.05) is 0 Å². The van der Waals surface area contributed by atoms with Gasteiger partial charge in [-0.2, -0.15) is 0 Å². The Morgan fingerprint density at radius 2 is 1.94 bits per heavy atom. The third-order valence-corrected chi connectivity index (χ3v) is 3.61. The van der Waals surface area contributed by atoms with Gasteiger partial charge in [0.2, 0.25) is 0 Å². The zero-order valence-electron chi connectivity index (χ0n) is 10.1. The Bertz CT molecular complexity index is 272. The lowest BCUT2D eigenvalue weighted by Crippen LogP contribution is -2.36. The van der Waals surface area contributed by atoms with Gasteiger partial charge in [0.25, 0.3) is 0 Å². The molecule has 4 nitrogen and oxygen atoms in total. The van der Waals surface area contributed by atoms with E-state index in [1.54, 1.807) is 0 Å². The summed E-state index contributed by atoms with van der Waals surface area (Å²) in [6.07, 6.45) is 1.89. The van der Waals surface area contributed by atoms with Gasteiger partial charge in [-0.1, -0.05) is 13.8 Å². The molecule has 0 spiro atoms. The highest BCUT2D eigenvalue weighted by Gasteiger charge is 2.39. The average molecular weight is 228 g/mol. The van der Waals surface area contributed by atoms with E-state index in [2.05, 4.69) is 13.8 Å². The molecule has 0 amide bonds. The maximum atomic E-state index is 11.6. The number of carbonyl (C=O) groups excluding carboxylic acids is 1. The minimum absolute atomic E-state index is 0.250. The smallest absolute Gasteiger partial charge is 0.308 e. The number of hydrogen-bond donors (Lipinski definition) is 1. The molecule has 0 unspecified atom stereocenters. The number of methoxy groups -OCH3 is 1. The largest absolute Gasteiger partial charge is 0.481 e. The van der Waals surface area contributed by atoms with Crippen LogP contribution in [0.25, 0.3) is 0 Å². The third-order valence-electron chi connectivity index (χ3n) is 3.61. The van der Waals surface area contributed by atoms with E-state index in [9.17, 15) is 9.59 Å². The molecule has 16 heavy (non-hydrogen) atoms. The summed E-state index contributed by atoms with van der Waals surface area (Å²) < 4.78 is 4.77. The molecule has 0 heterocycles. The fourth-order valence-corrected chi connectivity index (χ4v) is 2.64. The Morgan fingerprint density at radius 3 is 2.38 bits per heavy atom. The lowest BCUT2D eigenvalue weighted by molar-refractivity contribution is -0.153. The summed E-state index contributed by atoms with van der Waals surface area (Å²) in [6, 6.07) is 0. The van der Waals surface area contributed by atoms with E-state index in [0.29, 0.717) is 18.8 Å². The number of carboxylic acid groups (broad SMARTS) is 1. The number of aliphatic carboxylic acids is 1. The number of hydrogen-bond acceptors (Lipinski definition) is 3. The fourth-order valence-electron chi connectivity index (χ4n) is 2.64. The summed E-state index contributed by atoms with van der Waals surface area (Å²) in [5.74, 6) is -1.05. The number of esters is 1. The highest BCUT2D eigenvalue weighted by Crippen LogP contribution is 2.38. The van der Waals surface area contributed by atoms with Crippen LogP contribution in [-0.4, -0.2) is 24.2 Å². The monoisotopic (exact) mass is 228 g/mol. The van der Waals surface area contributed by atoms with Crippen LogP contribution < -0.4 is 0 Å². The quantitative estimate of drug-likeness (QED) is 0.750. The second-order valence-corrected chi connectivity index (χ2v) is 4.89. The molecule has 92 valence electrons. The Labute approximate surface area is 96.0 Å². The summed E-state index contributed by atoms with van der Waals surface area (Å²) >= 11 is 0. The zero-order chi connectivity index (χ0) is 12.3. The van der Waals surface area contributed by atoms with Crippen molar-refractivity contribution in [3.05, 3.63) is 0 Å². The molecule has 0 bridgehead atoms. The second-order valence-electron chi connectivity index (χ2n) is 4.89. The summed E-state index contributed by atoms with van der Waals surface area (Å²) in [5, 5.41) is 8.98. The van der Waals surface area contributed by atoms with Crippen molar-refractivity contribution >= 4 is 11.9 Å². The van der Waals surface area contributed by atoms with Crippen molar-refractivity contribution in [2.75, 3.05) is 7.11 Å². The van der Waals surface area contributed by atoms with Crippen molar-refractivity contribution in [1.29, 1.82) is 0 Å². The maximum Gasteiger partial charge on any atom is 0.308 e. The molecule has 1 aliphatic rings. The first-order chi connectivity index (χ1) is 7.47. The molecule has 0 aliphatic heterocycles. The van der Waals surface area contributed by atoms with Crippen molar-refractivity contribution in [3.8, 4) is 0 Å². The normalized spacial score (nSPS) is 30.1. The molecule has 0 saturated heterocycles. The Balaban J connectivity index is 2.77. The van der Waals surface area contributed by atoms with Crippen LogP contribution in [0.15, 0.2) is 0 Å². The second kappa shape index (κ2) is 5.32. The third kappa shape index (κ3) is 2.74. The van der Waals surface area contributed by atoms with Crippen LogP contribution in [0.5, 0.6) is 0 Å². The first kappa shape index (κ1) is 13.0. The van der Waals surface area contributed by atoms with E-state index in [1.165, 1.54) is 7.11 Å². The van der Waals surface area contributed by atoms with E-state index in [4.69, 9.17) is 9.84 Å². The topological polar surface area (TPSA) is 63.6 Å². The minimum Gasteiger partial charge on any atom is -0.481 e. The number of carbonyl (C=O) groups is 2. The minimum atomic E-state index is -0.795. The molecule has 1 rings (SSSR count). The van der Waals surface area contributed by atoms with Crippen LogP contribution in [0, 0.1) is 23.7 Å². The van der Waals surface area contributed by atoms with E-state index in [1.807, 2.05) is 0 Å². The standard InChI is InChI=1S/C12H20O4/c1-7(2)9-5-4-8(11(13)14)6-10(9)12(15)16-3/h7-10H,4-6H2,1-3H3,(H,13,14)/t8-,9+,10-/m1/s1. The van der Waals surface area contributed by atoms with Crippen molar-refractivity contribution in [1.82, 2.24) is 0 Å². The van der Waals surface area contributed by atoms with Gasteiger partial charge < -0.3 is 9.84 Å². The lowest BCUT2D eigenvalue weighted by Gasteiger charge is -2.35. The molecule has 0 aromatic rings. The molecule has 3 atom stereocenters. The fraction of sp³-hybridized carbons (Fsp3) is 0.833. The molecule has 1 fully saturated rings. The van der Waals surface area contributed by atoms with Crippen LogP contribution in [0.3, 0.4) is 0 Å². The highest BCUT2D eigenvalue weighted by molar-refractivity contribution is 5.75. The van der Waals surface area contributed by atoms with E-state index < -0.39 is 5.97 Å². The Hall–Kier alpha value is -1.06. The van der Waals surface area contributed by atoms with Gasteiger partial charge >= 0.3 is 11.9 Å². The van der Waals surface area contributed by atoms with Crippen LogP contribution in [0.2, 0.25) is 0 Å². The Morgan fingerprint density at radius 1 is 1.31 bits per heavy atom. The average Bonchev–Trinajstić information content (AvgIpc) is 2.26. The van der Waals surface area contributed by atoms with Gasteiger partial charge in [-0.3, -0.25) is 9.59 Å². The van der Waals surface area contributed by atoms with E-state index in [-0.39, 0.29) is 23.7 Å². The molecule has 0 radical (unpaired) electrons. The zero-order valence-corrected chi connectivity index (χ0v) is 10.1. The van der Waals surface area contributed by atoms with Crippen molar-refractivity contribution in [2.24, 2.45) is 23.7 Å². The first-order valence-corrected chi connectivity index (χ1v) is 5.78. The van der Waals surface area contributed by atoms with E-state index >= 15 is 0 Å². The van der Waals surface area contributed by atoms with Crippen molar-refractivity contribution < 1.29 is 19.4 Å². The molecule has 1 aliphatic carbocycles.